The Morgan fingerprint density at radius 2 is 1.61 bits per heavy atom. The number of halogens is 2. The third-order valence-electron chi connectivity index (χ3n) is 12.1. The van der Waals surface area contributed by atoms with E-state index < -0.39 is 53.6 Å². The molecular formula is C50H62F2N8O9. The van der Waals surface area contributed by atoms with Gasteiger partial charge in [-0.15, -0.1) is 0 Å². The average molecular weight is 957 g/mol. The third kappa shape index (κ3) is 12.9. The molecule has 0 saturated carbocycles. The molecule has 69 heavy (non-hydrogen) atoms. The summed E-state index contributed by atoms with van der Waals surface area (Å²) in [6, 6.07) is 11.3. The number of hydrogen-bond donors (Lipinski definition) is 4. The van der Waals surface area contributed by atoms with Crippen LogP contribution in [0.15, 0.2) is 66.7 Å². The van der Waals surface area contributed by atoms with Gasteiger partial charge in [0.1, 0.15) is 29.1 Å². The molecule has 4 aromatic rings. The molecule has 370 valence electrons. The predicted octanol–water partition coefficient (Wildman–Crippen LogP) is 6.28. The van der Waals surface area contributed by atoms with Crippen LogP contribution in [-0.2, 0) is 59.9 Å². The number of imide groups is 1. The van der Waals surface area contributed by atoms with Crippen molar-refractivity contribution in [3.63, 3.8) is 0 Å². The van der Waals surface area contributed by atoms with Crippen LogP contribution < -0.4 is 20.9 Å². The maximum Gasteiger partial charge on any atom is 0.410 e. The first-order valence-electron chi connectivity index (χ1n) is 23.1. The van der Waals surface area contributed by atoms with Crippen LogP contribution in [0.3, 0.4) is 0 Å². The van der Waals surface area contributed by atoms with E-state index in [1.165, 1.54) is 30.0 Å². The first-order chi connectivity index (χ1) is 32.6. The second kappa shape index (κ2) is 22.1. The molecule has 0 saturated heterocycles. The summed E-state index contributed by atoms with van der Waals surface area (Å²) in [6.07, 6.45) is 4.05. The van der Waals surface area contributed by atoms with Crippen molar-refractivity contribution in [2.75, 3.05) is 23.8 Å². The number of fused-ring (bicyclic) bond motifs is 3. The van der Waals surface area contributed by atoms with Crippen molar-refractivity contribution in [2.45, 2.75) is 123 Å². The van der Waals surface area contributed by atoms with Crippen molar-refractivity contribution in [1.29, 1.82) is 0 Å². The van der Waals surface area contributed by atoms with E-state index in [1.807, 2.05) is 38.5 Å². The van der Waals surface area contributed by atoms with Crippen molar-refractivity contribution in [3.8, 4) is 0 Å². The fourth-order valence-electron chi connectivity index (χ4n) is 8.27. The molecule has 4 N–H and O–H groups in total. The number of ether oxygens (including phenoxy) is 2. The minimum atomic E-state index is -1.73. The van der Waals surface area contributed by atoms with Gasteiger partial charge in [-0.1, -0.05) is 32.4 Å². The van der Waals surface area contributed by atoms with E-state index >= 15 is 0 Å². The molecule has 2 aromatic carbocycles. The first kappa shape index (κ1) is 51.7. The highest BCUT2D eigenvalue weighted by Crippen LogP contribution is 2.36. The largest absolute Gasteiger partial charge is 0.444 e. The maximum absolute atomic E-state index is 14.7. The van der Waals surface area contributed by atoms with Gasteiger partial charge in [0, 0.05) is 68.1 Å². The second-order valence-corrected chi connectivity index (χ2v) is 18.8. The molecule has 2 aromatic heterocycles. The zero-order valence-electron chi connectivity index (χ0n) is 40.3. The molecule has 6 amide bonds. The van der Waals surface area contributed by atoms with Gasteiger partial charge < -0.3 is 40.0 Å². The summed E-state index contributed by atoms with van der Waals surface area (Å²) in [5.41, 5.74) is 3.10. The Labute approximate surface area is 400 Å². The zero-order chi connectivity index (χ0) is 50.3. The number of aryl methyl sites for hydroxylation is 1. The highest BCUT2D eigenvalue weighted by molar-refractivity contribution is 6.12. The Morgan fingerprint density at radius 3 is 2.26 bits per heavy atom. The third-order valence-corrected chi connectivity index (χ3v) is 12.1. The lowest BCUT2D eigenvalue weighted by Gasteiger charge is -2.33. The number of aliphatic hydroxyl groups is 1. The molecule has 17 nitrogen and oxygen atoms in total. The standard InChI is InChI=1S/C50H62F2N8O9/c1-29(2)44(56-41(61)12-10-9-11-25-59-42(62)23-24-43(59)63)47(65)53-30(3)46(64)54-32-15-13-31(14-16-32)28-68-49(67)60(34-17-20-37(51)38(52)27-34)40-22-19-35-36-26-33(57(7)48(66)69-50(4,5)6)18-21-39(36)58(8)45(35)55-40/h13-17,19-20,22-24,27,29-30,33,44,49,67H,9-12,18,21,25-26,28H2,1-8H3,(H,53,65)(H,54,64)(H,56,61)/t30-,33?,44-,49?/m0/s1. The van der Waals surface area contributed by atoms with Crippen LogP contribution in [0.25, 0.3) is 11.0 Å². The summed E-state index contributed by atoms with van der Waals surface area (Å²) < 4.78 is 42.3. The fraction of sp³-hybridized carbons (Fsp3) is 0.460. The molecule has 0 radical (unpaired) electrons. The highest BCUT2D eigenvalue weighted by Gasteiger charge is 2.33. The summed E-state index contributed by atoms with van der Waals surface area (Å²) in [5, 5.41) is 20.6. The number of amides is 6. The van der Waals surface area contributed by atoms with Crippen LogP contribution in [0.2, 0.25) is 0 Å². The topological polar surface area (TPSA) is 205 Å². The molecule has 4 atom stereocenters. The Hall–Kier alpha value is -6.73. The summed E-state index contributed by atoms with van der Waals surface area (Å²) >= 11 is 0. The number of carbonyl (C=O) groups excluding carboxylic acids is 6. The number of unbranched alkanes of at least 4 members (excludes halogenated alkanes) is 2. The van der Waals surface area contributed by atoms with E-state index in [4.69, 9.17) is 14.5 Å². The molecule has 3 heterocycles. The lowest BCUT2D eigenvalue weighted by Crippen LogP contribution is -2.53. The molecular weight excluding hydrogens is 895 g/mol. The quantitative estimate of drug-likeness (QED) is 0.0468. The molecule has 0 spiro atoms. The van der Waals surface area contributed by atoms with E-state index in [0.717, 1.165) is 33.7 Å². The summed E-state index contributed by atoms with van der Waals surface area (Å²) in [5.74, 6) is -4.38. The molecule has 6 rings (SSSR count). The van der Waals surface area contributed by atoms with E-state index in [2.05, 4.69) is 16.0 Å². The van der Waals surface area contributed by atoms with Gasteiger partial charge in [0.05, 0.1) is 12.3 Å². The molecule has 0 bridgehead atoms. The number of aromatic nitrogens is 2. The number of anilines is 3. The number of hydrogen-bond acceptors (Lipinski definition) is 11. The van der Waals surface area contributed by atoms with Crippen molar-refractivity contribution in [2.24, 2.45) is 13.0 Å². The van der Waals surface area contributed by atoms with Crippen molar-refractivity contribution in [3.05, 3.63) is 95.2 Å². The fourth-order valence-corrected chi connectivity index (χ4v) is 8.27. The van der Waals surface area contributed by atoms with Crippen LogP contribution in [0.5, 0.6) is 0 Å². The number of rotatable bonds is 19. The van der Waals surface area contributed by atoms with Crippen LogP contribution in [-0.4, -0.2) is 104 Å². The summed E-state index contributed by atoms with van der Waals surface area (Å²) in [7, 11) is 3.62. The van der Waals surface area contributed by atoms with E-state index in [1.54, 1.807) is 56.1 Å². The van der Waals surface area contributed by atoms with Gasteiger partial charge in [-0.25, -0.2) is 18.6 Å². The van der Waals surface area contributed by atoms with Gasteiger partial charge >= 0.3 is 6.09 Å². The van der Waals surface area contributed by atoms with E-state index in [9.17, 15) is 42.7 Å². The number of pyridine rings is 1. The molecule has 0 fully saturated rings. The Balaban J connectivity index is 1.04. The highest BCUT2D eigenvalue weighted by atomic mass is 19.2. The van der Waals surface area contributed by atoms with Crippen molar-refractivity contribution >= 4 is 63.9 Å². The van der Waals surface area contributed by atoms with E-state index in [-0.39, 0.29) is 60.8 Å². The van der Waals surface area contributed by atoms with Crippen LogP contribution >= 0.6 is 0 Å². The van der Waals surface area contributed by atoms with Crippen molar-refractivity contribution in [1.82, 2.24) is 30.0 Å². The molecule has 1 aliphatic carbocycles. The van der Waals surface area contributed by atoms with Gasteiger partial charge in [-0.05, 0) is 113 Å². The smallest absolute Gasteiger partial charge is 0.410 e. The Morgan fingerprint density at radius 1 is 0.913 bits per heavy atom. The number of aliphatic hydroxyl groups excluding tert-OH is 1. The van der Waals surface area contributed by atoms with Crippen LogP contribution in [0.4, 0.5) is 30.8 Å². The summed E-state index contributed by atoms with van der Waals surface area (Å²) in [4.78, 5) is 84.4. The normalized spacial score (nSPS) is 16.0. The molecule has 2 unspecified atom stereocenters. The maximum atomic E-state index is 14.7. The van der Waals surface area contributed by atoms with Gasteiger partial charge in [0.25, 0.3) is 11.8 Å². The number of nitrogens with zero attached hydrogens (tertiary/aromatic N) is 5. The molecule has 1 aliphatic heterocycles. The monoisotopic (exact) mass is 956 g/mol. The van der Waals surface area contributed by atoms with Crippen LogP contribution in [0.1, 0.15) is 90.5 Å². The van der Waals surface area contributed by atoms with Gasteiger partial charge in [-0.3, -0.25) is 33.8 Å². The lowest BCUT2D eigenvalue weighted by molar-refractivity contribution is -0.137. The van der Waals surface area contributed by atoms with E-state index in [0.29, 0.717) is 55.4 Å². The minimum Gasteiger partial charge on any atom is -0.444 e. The van der Waals surface area contributed by atoms with Crippen LogP contribution in [0, 0.1) is 17.6 Å². The molecule has 2 aliphatic rings. The van der Waals surface area contributed by atoms with Gasteiger partial charge in [0.2, 0.25) is 24.1 Å². The number of benzene rings is 2. The number of nitrogens with one attached hydrogen (secondary N) is 3. The van der Waals surface area contributed by atoms with Gasteiger partial charge in [0.15, 0.2) is 11.6 Å². The molecule has 19 heteroatoms. The lowest BCUT2D eigenvalue weighted by atomic mass is 9.91. The van der Waals surface area contributed by atoms with Gasteiger partial charge in [-0.2, -0.15) is 0 Å². The Kier molecular flexibility index (Phi) is 16.6. The average Bonchev–Trinajstić information content (AvgIpc) is 3.77. The zero-order valence-corrected chi connectivity index (χ0v) is 40.3. The summed E-state index contributed by atoms with van der Waals surface area (Å²) in [6.45, 7) is 10.7. The number of likely N-dealkylation sites (N-methyl/N-ethyl adjacent to an activating group) is 1. The Bertz CT molecular complexity index is 2570. The number of carbonyl (C=O) groups is 6. The SMILES string of the molecule is CC(C)[C@H](NC(=O)CCCCCN1C(=O)C=CC1=O)C(=O)N[C@@H](C)C(=O)Nc1ccc(COC(O)N(c2ccc(F)c(F)c2)c2ccc3c4c(n(C)c3n2)CCC(N(C)C(=O)OC(C)(C)C)C4)cc1. The second-order valence-electron chi connectivity index (χ2n) is 18.8. The predicted molar refractivity (Wildman–Crippen MR) is 254 cm³/mol. The van der Waals surface area contributed by atoms with Crippen molar-refractivity contribution < 1.29 is 52.1 Å². The minimum absolute atomic E-state index is 0.0745. The first-order valence-corrected chi connectivity index (χ1v) is 23.1.